The van der Waals surface area contributed by atoms with Gasteiger partial charge in [-0.2, -0.15) is 0 Å². The summed E-state index contributed by atoms with van der Waals surface area (Å²) in [4.78, 5) is 16.1. The lowest BCUT2D eigenvalue weighted by Gasteiger charge is -2.37. The van der Waals surface area contributed by atoms with Crippen LogP contribution in [0.2, 0.25) is 0 Å². The molecular weight excluding hydrogens is 430 g/mol. The minimum Gasteiger partial charge on any atom is -0.493 e. The third-order valence-electron chi connectivity index (χ3n) is 4.73. The number of hydrogen-bond acceptors (Lipinski definition) is 5. The highest BCUT2D eigenvalue weighted by Gasteiger charge is 2.35. The van der Waals surface area contributed by atoms with Crippen LogP contribution in [0.1, 0.15) is 32.6 Å². The van der Waals surface area contributed by atoms with Gasteiger partial charge in [0, 0.05) is 11.4 Å². The van der Waals surface area contributed by atoms with Crippen molar-refractivity contribution >= 4 is 33.2 Å². The summed E-state index contributed by atoms with van der Waals surface area (Å²) >= 11 is 4.91. The van der Waals surface area contributed by atoms with E-state index in [-0.39, 0.29) is 11.9 Å². The number of halogens is 1. The van der Waals surface area contributed by atoms with Crippen molar-refractivity contribution in [3.8, 4) is 11.5 Å². The number of fused-ring (bicyclic) bond motifs is 1. The number of methoxy groups -OCH3 is 2. The SMILES string of the molecule is COc1cc2c(cc1OC)C(c1cccs1)N(C(=O)c1ccc(Br)o1)CC2. The van der Waals surface area contributed by atoms with E-state index >= 15 is 0 Å². The Kier molecular flexibility index (Phi) is 4.97. The van der Waals surface area contributed by atoms with Crippen molar-refractivity contribution in [2.45, 2.75) is 12.5 Å². The minimum atomic E-state index is -0.190. The highest BCUT2D eigenvalue weighted by molar-refractivity contribution is 9.10. The van der Waals surface area contributed by atoms with Gasteiger partial charge in [0.1, 0.15) is 0 Å². The number of ether oxygens (including phenoxy) is 2. The van der Waals surface area contributed by atoms with Crippen LogP contribution in [0.4, 0.5) is 0 Å². The molecule has 0 spiro atoms. The first-order valence-corrected chi connectivity index (χ1v) is 10.1. The van der Waals surface area contributed by atoms with E-state index in [9.17, 15) is 4.79 Å². The molecule has 0 radical (unpaired) electrons. The second-order valence-corrected chi connectivity index (χ2v) is 7.94. The molecule has 7 heteroatoms. The van der Waals surface area contributed by atoms with Gasteiger partial charge in [-0.15, -0.1) is 11.3 Å². The molecule has 3 aromatic rings. The van der Waals surface area contributed by atoms with Gasteiger partial charge in [-0.05, 0) is 69.2 Å². The van der Waals surface area contributed by atoms with E-state index in [2.05, 4.69) is 22.0 Å². The third kappa shape index (κ3) is 3.26. The number of amides is 1. The molecule has 1 aliphatic heterocycles. The minimum absolute atomic E-state index is 0.125. The van der Waals surface area contributed by atoms with Gasteiger partial charge in [-0.3, -0.25) is 4.79 Å². The molecule has 0 N–H and O–H groups in total. The van der Waals surface area contributed by atoms with Crippen molar-refractivity contribution < 1.29 is 18.7 Å². The average Bonchev–Trinajstić information content (AvgIpc) is 3.37. The standard InChI is InChI=1S/C20H18BrNO4S/c1-24-15-10-12-7-8-22(20(23)14-5-6-18(21)26-14)19(17-4-3-9-27-17)13(12)11-16(15)25-2/h3-6,9-11,19H,7-8H2,1-2H3. The molecule has 3 heterocycles. The zero-order valence-corrected chi connectivity index (χ0v) is 17.3. The van der Waals surface area contributed by atoms with Crippen molar-refractivity contribution in [3.05, 3.63) is 68.2 Å². The Morgan fingerprint density at radius 2 is 2.00 bits per heavy atom. The van der Waals surface area contributed by atoms with Crippen LogP contribution in [0.3, 0.4) is 0 Å². The molecule has 1 aromatic carbocycles. The molecule has 0 aliphatic carbocycles. The topological polar surface area (TPSA) is 51.9 Å². The molecule has 1 amide bonds. The quantitative estimate of drug-likeness (QED) is 0.569. The molecular formula is C20H18BrNO4S. The number of nitrogens with zero attached hydrogens (tertiary/aromatic N) is 1. The zero-order valence-electron chi connectivity index (χ0n) is 14.9. The van der Waals surface area contributed by atoms with Crippen LogP contribution in [0.5, 0.6) is 11.5 Å². The molecule has 5 nitrogen and oxygen atoms in total. The number of carbonyl (C=O) groups excluding carboxylic acids is 1. The first kappa shape index (κ1) is 18.1. The van der Waals surface area contributed by atoms with Gasteiger partial charge in [0.2, 0.25) is 0 Å². The van der Waals surface area contributed by atoms with Crippen LogP contribution >= 0.6 is 27.3 Å². The molecule has 0 saturated heterocycles. The second-order valence-electron chi connectivity index (χ2n) is 6.18. The van der Waals surface area contributed by atoms with E-state index in [0.717, 1.165) is 22.4 Å². The summed E-state index contributed by atoms with van der Waals surface area (Å²) in [6.07, 6.45) is 0.741. The van der Waals surface area contributed by atoms with Gasteiger partial charge in [-0.25, -0.2) is 0 Å². The molecule has 2 aromatic heterocycles. The van der Waals surface area contributed by atoms with Gasteiger partial charge < -0.3 is 18.8 Å². The molecule has 4 rings (SSSR count). The molecule has 140 valence electrons. The van der Waals surface area contributed by atoms with E-state index in [1.54, 1.807) is 37.7 Å². The monoisotopic (exact) mass is 447 g/mol. The van der Waals surface area contributed by atoms with E-state index in [4.69, 9.17) is 13.9 Å². The Balaban J connectivity index is 1.82. The van der Waals surface area contributed by atoms with Gasteiger partial charge in [-0.1, -0.05) is 6.07 Å². The van der Waals surface area contributed by atoms with Crippen LogP contribution in [-0.2, 0) is 6.42 Å². The molecule has 1 atom stereocenters. The van der Waals surface area contributed by atoms with Crippen LogP contribution in [0.25, 0.3) is 0 Å². The van der Waals surface area contributed by atoms with Crippen molar-refractivity contribution in [1.82, 2.24) is 4.90 Å². The molecule has 27 heavy (non-hydrogen) atoms. The summed E-state index contributed by atoms with van der Waals surface area (Å²) in [5, 5.41) is 2.02. The normalized spacial score (nSPS) is 16.1. The van der Waals surface area contributed by atoms with E-state index in [0.29, 0.717) is 28.5 Å². The van der Waals surface area contributed by atoms with Crippen molar-refractivity contribution in [2.24, 2.45) is 0 Å². The van der Waals surface area contributed by atoms with Gasteiger partial charge >= 0.3 is 0 Å². The number of carbonyl (C=O) groups is 1. The van der Waals surface area contributed by atoms with Crippen LogP contribution < -0.4 is 9.47 Å². The van der Waals surface area contributed by atoms with E-state index in [1.165, 1.54) is 0 Å². The van der Waals surface area contributed by atoms with Crippen LogP contribution in [0, 0.1) is 0 Å². The smallest absolute Gasteiger partial charge is 0.290 e. The Morgan fingerprint density at radius 1 is 1.22 bits per heavy atom. The summed E-state index contributed by atoms with van der Waals surface area (Å²) in [6.45, 7) is 0.599. The maximum Gasteiger partial charge on any atom is 0.290 e. The first-order valence-electron chi connectivity index (χ1n) is 8.47. The lowest BCUT2D eigenvalue weighted by Crippen LogP contribution is -2.40. The second kappa shape index (κ2) is 7.40. The molecule has 1 unspecified atom stereocenters. The zero-order chi connectivity index (χ0) is 19.0. The average molecular weight is 448 g/mol. The van der Waals surface area contributed by atoms with Crippen molar-refractivity contribution in [3.63, 3.8) is 0 Å². The predicted octanol–water partition coefficient (Wildman–Crippen LogP) is 4.91. The third-order valence-corrected chi connectivity index (χ3v) is 6.08. The van der Waals surface area contributed by atoms with E-state index in [1.807, 2.05) is 28.5 Å². The van der Waals surface area contributed by atoms with Gasteiger partial charge in [0.05, 0.1) is 20.3 Å². The van der Waals surface area contributed by atoms with E-state index < -0.39 is 0 Å². The van der Waals surface area contributed by atoms with Gasteiger partial charge in [0.15, 0.2) is 21.9 Å². The highest BCUT2D eigenvalue weighted by Crippen LogP contribution is 2.42. The Morgan fingerprint density at radius 3 is 2.63 bits per heavy atom. The Labute approximate surface area is 169 Å². The fourth-order valence-electron chi connectivity index (χ4n) is 3.49. The summed E-state index contributed by atoms with van der Waals surface area (Å²) in [7, 11) is 3.25. The lowest BCUT2D eigenvalue weighted by molar-refractivity contribution is 0.0663. The Bertz CT molecular complexity index is 967. The summed E-state index contributed by atoms with van der Waals surface area (Å²) in [6, 6.07) is 11.3. The first-order chi connectivity index (χ1) is 13.1. The number of furan rings is 1. The van der Waals surface area contributed by atoms with Crippen molar-refractivity contribution in [1.29, 1.82) is 0 Å². The molecule has 0 bridgehead atoms. The fourth-order valence-corrected chi connectivity index (χ4v) is 4.65. The summed E-state index contributed by atoms with van der Waals surface area (Å²) in [5.74, 6) is 1.57. The number of hydrogen-bond donors (Lipinski definition) is 0. The molecule has 0 saturated carbocycles. The summed E-state index contributed by atoms with van der Waals surface area (Å²) in [5.41, 5.74) is 2.22. The van der Waals surface area contributed by atoms with Gasteiger partial charge in [0.25, 0.3) is 5.91 Å². The lowest BCUT2D eigenvalue weighted by atomic mass is 9.90. The Hall–Kier alpha value is -2.25. The number of rotatable bonds is 4. The van der Waals surface area contributed by atoms with Crippen LogP contribution in [0.15, 0.2) is 50.9 Å². The fraction of sp³-hybridized carbons (Fsp3) is 0.250. The van der Waals surface area contributed by atoms with Crippen molar-refractivity contribution in [2.75, 3.05) is 20.8 Å². The largest absolute Gasteiger partial charge is 0.493 e. The maximum atomic E-state index is 13.2. The van der Waals surface area contributed by atoms with Crippen LogP contribution in [-0.4, -0.2) is 31.6 Å². The highest BCUT2D eigenvalue weighted by atomic mass is 79.9. The number of thiophene rings is 1. The molecule has 0 fully saturated rings. The maximum absolute atomic E-state index is 13.2. The molecule has 1 aliphatic rings. The summed E-state index contributed by atoms with van der Waals surface area (Å²) < 4.78 is 17.0. The predicted molar refractivity (Wildman–Crippen MR) is 107 cm³/mol. The number of benzene rings is 1.